The van der Waals surface area contributed by atoms with Crippen LogP contribution in [-0.4, -0.2) is 283 Å². The van der Waals surface area contributed by atoms with Crippen molar-refractivity contribution in [3.63, 3.8) is 0 Å². The van der Waals surface area contributed by atoms with Crippen molar-refractivity contribution in [2.75, 3.05) is 33.4 Å². The summed E-state index contributed by atoms with van der Waals surface area (Å²) in [5.41, 5.74) is 0.582. The Morgan fingerprint density at radius 1 is 0.656 bits per heavy atom. The molecule has 96 heavy (non-hydrogen) atoms. The van der Waals surface area contributed by atoms with Gasteiger partial charge < -0.3 is 131 Å². The van der Waals surface area contributed by atoms with Gasteiger partial charge in [-0.1, -0.05) is 129 Å². The molecule has 1 aromatic carbocycles. The van der Waals surface area contributed by atoms with Crippen molar-refractivity contribution in [3.05, 3.63) is 121 Å². The van der Waals surface area contributed by atoms with Gasteiger partial charge in [0, 0.05) is 49.6 Å². The van der Waals surface area contributed by atoms with Crippen molar-refractivity contribution < 1.29 is 135 Å². The van der Waals surface area contributed by atoms with Crippen LogP contribution in [0.25, 0.3) is 0 Å². The number of esters is 1. The summed E-state index contributed by atoms with van der Waals surface area (Å²) in [5.74, 6) is -8.04. The third kappa shape index (κ3) is 27.3. The number of carbonyl (C=O) groups is 3. The van der Waals surface area contributed by atoms with E-state index in [9.17, 15) is 85.9 Å². The fourth-order valence-electron chi connectivity index (χ4n) is 11.2. The molecule has 3 saturated heterocycles. The highest BCUT2D eigenvalue weighted by molar-refractivity contribution is 5.85. The summed E-state index contributed by atoms with van der Waals surface area (Å²) in [6, 6.07) is 7.32. The van der Waals surface area contributed by atoms with Crippen molar-refractivity contribution in [1.29, 1.82) is 0 Å². The monoisotopic (exact) mass is 1370 g/mol. The van der Waals surface area contributed by atoms with Gasteiger partial charge in [-0.05, 0) is 40.2 Å². The lowest BCUT2D eigenvalue weighted by Crippen LogP contribution is -2.64. The van der Waals surface area contributed by atoms with Crippen molar-refractivity contribution in [2.24, 2.45) is 17.8 Å². The van der Waals surface area contributed by atoms with Gasteiger partial charge in [0.05, 0.1) is 105 Å². The number of allylic oxidation sites excluding steroid dienone is 12. The zero-order valence-corrected chi connectivity index (χ0v) is 54.7. The first-order valence-electron chi connectivity index (χ1n) is 32.3. The summed E-state index contributed by atoms with van der Waals surface area (Å²) in [6.07, 6.45) is -10.4. The van der Waals surface area contributed by atoms with Crippen molar-refractivity contribution in [3.8, 4) is 0 Å². The van der Waals surface area contributed by atoms with Gasteiger partial charge in [-0.15, -0.1) is 0 Å². The number of aliphatic hydroxyl groups is 17. The Morgan fingerprint density at radius 3 is 1.84 bits per heavy atom. The molecular weight excluding hydrogens is 1260 g/mol. The van der Waals surface area contributed by atoms with Crippen LogP contribution in [0.2, 0.25) is 0 Å². The number of carbonyl (C=O) groups excluding carboxylic acids is 2. The van der Waals surface area contributed by atoms with Gasteiger partial charge in [-0.25, -0.2) is 0 Å². The van der Waals surface area contributed by atoms with Gasteiger partial charge in [0.15, 0.2) is 24.2 Å². The van der Waals surface area contributed by atoms with Crippen LogP contribution in [0.4, 0.5) is 0 Å². The molecule has 544 valence electrons. The quantitative estimate of drug-likeness (QED) is 0.0800. The molecule has 0 saturated carbocycles. The number of nitrogens with one attached hydrogen (secondary N) is 2. The highest BCUT2D eigenvalue weighted by Gasteiger charge is 2.52. The number of carboxylic acids is 1. The molecule has 1 aromatic rings. The maximum absolute atomic E-state index is 13.4. The SMILES string of the molecule is CNCC(O)C(O)C(O)C(O)CO.C[C@@H]1[C@H](O)[C@@H](C)/C=C/C=C/C=C/C=C/C=C/C=C/C=C/[C@H](O[C@@H]2O[C@H](C)[C@@H](O)[C@H](NCC(=O)C(O)C3OC(c4ccccc4)OC[C@H]3O)[C@@H]2O)C[C@@H]2O[C@](O)(C[C@@H](O)C[C@@H](O)[C@H](O)CC[C@@H](O)C[C@@H](O)CC(=O)O[C@H]1C)C[C@H](O)[C@H]2C(=O)O. The van der Waals surface area contributed by atoms with Crippen LogP contribution >= 0.6 is 0 Å². The molecule has 4 heterocycles. The highest BCUT2D eigenvalue weighted by atomic mass is 16.7. The van der Waals surface area contributed by atoms with E-state index in [0.717, 1.165) is 0 Å². The second-order valence-corrected chi connectivity index (χ2v) is 24.9. The van der Waals surface area contributed by atoms with E-state index in [1.54, 1.807) is 124 Å². The molecule has 0 radical (unpaired) electrons. The number of rotatable bonds is 15. The van der Waals surface area contributed by atoms with E-state index in [1.165, 1.54) is 19.1 Å². The normalized spacial score (nSPS) is 39.4. The van der Waals surface area contributed by atoms with E-state index in [0.29, 0.717) is 5.56 Å². The van der Waals surface area contributed by atoms with Crippen LogP contribution in [-0.2, 0) is 42.8 Å². The van der Waals surface area contributed by atoms with E-state index < -0.39 is 221 Å². The third-order valence-electron chi connectivity index (χ3n) is 17.0. The van der Waals surface area contributed by atoms with Crippen molar-refractivity contribution in [2.45, 2.75) is 226 Å². The van der Waals surface area contributed by atoms with Crippen LogP contribution in [0.5, 0.6) is 0 Å². The summed E-state index contributed by atoms with van der Waals surface area (Å²) in [4.78, 5) is 38.9. The predicted molar refractivity (Wildman–Crippen MR) is 343 cm³/mol. The molecule has 0 aromatic heterocycles. The summed E-state index contributed by atoms with van der Waals surface area (Å²) >= 11 is 0. The smallest absolute Gasteiger partial charge is 0.311 e. The number of fused-ring (bicyclic) bond motifs is 2. The summed E-state index contributed by atoms with van der Waals surface area (Å²) in [5, 5.41) is 193. The molecule has 2 bridgehead atoms. The van der Waals surface area contributed by atoms with E-state index >= 15 is 0 Å². The minimum Gasteiger partial charge on any atom is -0.481 e. The highest BCUT2D eigenvalue weighted by Crippen LogP contribution is 2.39. The third-order valence-corrected chi connectivity index (χ3v) is 17.0. The van der Waals surface area contributed by atoms with Crippen LogP contribution in [0, 0.1) is 17.8 Å². The van der Waals surface area contributed by atoms with Gasteiger partial charge in [-0.2, -0.15) is 0 Å². The average Bonchev–Trinajstić information content (AvgIpc) is 0.795. The number of Topliss-reactive ketones (excluding diaryl/α,β-unsaturated/α-hetero) is 1. The number of likely N-dealkylation sites (N-methyl/N-ethyl adjacent to an activating group) is 1. The molecule has 0 aliphatic carbocycles. The molecule has 0 amide bonds. The molecular formula is C67H104N2O27. The zero-order valence-electron chi connectivity index (χ0n) is 54.7. The number of aliphatic carboxylic acids is 1. The van der Waals surface area contributed by atoms with Crippen molar-refractivity contribution in [1.82, 2.24) is 10.6 Å². The Morgan fingerprint density at radius 2 is 1.25 bits per heavy atom. The Labute approximate surface area is 558 Å². The standard InChI is InChI=1S/C60H87NO22.C7H17NO5/c1-34-20-16-13-11-9-7-5-6-8-10-12-14-19-23-42(81-59-55(74)51(53(72)37(4)80-59)61-32-46(68)54(73)56-47(69)33-78-58(82-56)38-21-17-15-18-22-38)29-48-50(57(75)76)45(67)31-60(77,83-48)30-41(64)27-44(66)43(65)25-24-39(62)26-40(63)28-49(70)79-36(3)35(2)52(34)71;1-8-2-4(10)6(12)7(13)5(11)3-9/h5-23,34-37,39-45,47-48,50-56,58-59,61-67,69,71-74,77H,24-33H2,1-4H3,(H,75,76);4-13H,2-3H2,1H3/b6-5+,9-7+,10-8+,13-11+,14-12+,20-16+,23-19+;/t34-,35-,36-,37+,39+,40+,41-,42-,43+,44+,45-,47+,48-,50+,51-,52+,53+,54?,55-,56?,58?,59-,60+;/m0./s1. The van der Waals surface area contributed by atoms with Gasteiger partial charge in [0.1, 0.15) is 54.7 Å². The topological polar surface area (TPSA) is 495 Å². The molecule has 4 aliphatic rings. The fraction of sp³-hybridized carbons (Fsp3) is 0.657. The number of carboxylic acid groups (broad SMARTS) is 1. The molecule has 20 N–H and O–H groups in total. The molecule has 29 nitrogen and oxygen atoms in total. The zero-order chi connectivity index (χ0) is 71.4. The van der Waals surface area contributed by atoms with E-state index in [2.05, 4.69) is 10.6 Å². The largest absolute Gasteiger partial charge is 0.481 e. The Kier molecular flexibility index (Phi) is 36.7. The van der Waals surface area contributed by atoms with Gasteiger partial charge >= 0.3 is 11.9 Å². The second kappa shape index (κ2) is 42.2. The number of hydrogen-bond donors (Lipinski definition) is 20. The van der Waals surface area contributed by atoms with E-state index in [4.69, 9.17) is 48.8 Å². The lowest BCUT2D eigenvalue weighted by molar-refractivity contribution is -0.309. The molecule has 7 unspecified atom stereocenters. The summed E-state index contributed by atoms with van der Waals surface area (Å²) in [7, 11) is 1.57. The maximum atomic E-state index is 13.4. The van der Waals surface area contributed by atoms with Gasteiger partial charge in [-0.3, -0.25) is 14.4 Å². The van der Waals surface area contributed by atoms with Crippen LogP contribution in [0.15, 0.2) is 115 Å². The maximum Gasteiger partial charge on any atom is 0.311 e. The van der Waals surface area contributed by atoms with E-state index in [1.807, 2.05) is 6.92 Å². The Balaban J connectivity index is 0.00000135. The fourth-order valence-corrected chi connectivity index (χ4v) is 11.2. The molecule has 3 fully saturated rings. The summed E-state index contributed by atoms with van der Waals surface area (Å²) in [6.45, 7) is 5.18. The molecule has 29 heteroatoms. The van der Waals surface area contributed by atoms with Crippen molar-refractivity contribution >= 4 is 17.7 Å². The number of cyclic esters (lactones) is 1. The lowest BCUT2D eigenvalue weighted by atomic mass is 9.82. The van der Waals surface area contributed by atoms with E-state index in [-0.39, 0.29) is 38.3 Å². The van der Waals surface area contributed by atoms with Gasteiger partial charge in [0.25, 0.3) is 0 Å². The van der Waals surface area contributed by atoms with Gasteiger partial charge in [0.2, 0.25) is 0 Å². The molecule has 4 aliphatic heterocycles. The minimum absolute atomic E-state index is 0.0936. The molecule has 5 rings (SSSR count). The minimum atomic E-state index is -2.42. The average molecular weight is 1370 g/mol. The van der Waals surface area contributed by atoms with Crippen LogP contribution < -0.4 is 10.6 Å². The first-order valence-corrected chi connectivity index (χ1v) is 32.3. The Hall–Kier alpha value is -4.95. The number of aliphatic hydroxyl groups excluding tert-OH is 16. The number of ether oxygens (including phenoxy) is 6. The molecule has 27 atom stereocenters. The first-order chi connectivity index (χ1) is 45.4. The predicted octanol–water partition coefficient (Wildman–Crippen LogP) is -2.61. The van der Waals surface area contributed by atoms with Crippen LogP contribution in [0.1, 0.15) is 90.9 Å². The molecule has 0 spiro atoms. The van der Waals surface area contributed by atoms with Crippen LogP contribution in [0.3, 0.4) is 0 Å². The first kappa shape index (κ1) is 83.5. The summed E-state index contributed by atoms with van der Waals surface area (Å²) < 4.78 is 35.0. The second-order valence-electron chi connectivity index (χ2n) is 24.9. The number of ketones is 1. The number of hydrogen-bond acceptors (Lipinski definition) is 28. The lowest BCUT2D eigenvalue weighted by Gasteiger charge is -2.45. The number of benzene rings is 1. The Bertz CT molecular complexity index is 2650.